The minimum Gasteiger partial charge on any atom is -0.506 e. The van der Waals surface area contributed by atoms with Crippen molar-refractivity contribution < 1.29 is 10.2 Å². The second kappa shape index (κ2) is 2.63. The Bertz CT molecular complexity index is 590. The van der Waals surface area contributed by atoms with Crippen LogP contribution >= 0.6 is 0 Å². The van der Waals surface area contributed by atoms with Crippen LogP contribution in [0, 0.1) is 0 Å². The third-order valence-electron chi connectivity index (χ3n) is 2.46. The molecule has 74 valence electrons. The highest BCUT2D eigenvalue weighted by Crippen LogP contribution is 2.41. The number of hydrogen-bond donors (Lipinski definition) is 3. The molecule has 4 nitrogen and oxygen atoms in total. The average molecular weight is 200 g/mol. The van der Waals surface area contributed by atoms with Crippen LogP contribution in [0.5, 0.6) is 5.75 Å². The van der Waals surface area contributed by atoms with Crippen LogP contribution in [0.1, 0.15) is 0 Å². The van der Waals surface area contributed by atoms with E-state index in [1.165, 1.54) is 0 Å². The van der Waals surface area contributed by atoms with Gasteiger partial charge in [0.25, 0.3) is 6.02 Å². The summed E-state index contributed by atoms with van der Waals surface area (Å²) < 4.78 is 0. The van der Waals surface area contributed by atoms with Crippen molar-refractivity contribution in [3.05, 3.63) is 30.3 Å². The lowest BCUT2D eigenvalue weighted by Gasteiger charge is -2.15. The van der Waals surface area contributed by atoms with Crippen molar-refractivity contribution in [3.8, 4) is 5.75 Å². The summed E-state index contributed by atoms with van der Waals surface area (Å²) in [4.78, 5) is 3.87. The lowest BCUT2D eigenvalue weighted by molar-refractivity contribution is 0.476. The van der Waals surface area contributed by atoms with E-state index in [4.69, 9.17) is 0 Å². The number of aliphatic hydroxyl groups is 1. The highest BCUT2D eigenvalue weighted by molar-refractivity contribution is 6.12. The van der Waals surface area contributed by atoms with E-state index in [2.05, 4.69) is 10.3 Å². The van der Waals surface area contributed by atoms with Crippen LogP contribution in [0.3, 0.4) is 0 Å². The van der Waals surface area contributed by atoms with Gasteiger partial charge in [-0.15, -0.1) is 0 Å². The summed E-state index contributed by atoms with van der Waals surface area (Å²) in [7, 11) is 0. The third-order valence-corrected chi connectivity index (χ3v) is 2.46. The van der Waals surface area contributed by atoms with E-state index < -0.39 is 0 Å². The molecule has 1 heterocycles. The first kappa shape index (κ1) is 8.11. The minimum absolute atomic E-state index is 0.0722. The predicted octanol–water partition coefficient (Wildman–Crippen LogP) is 2.52. The summed E-state index contributed by atoms with van der Waals surface area (Å²) in [6.45, 7) is 0. The van der Waals surface area contributed by atoms with Gasteiger partial charge in [-0.05, 0) is 17.5 Å². The Labute approximate surface area is 85.5 Å². The number of aliphatic imine (C=N–C) groups is 1. The van der Waals surface area contributed by atoms with Crippen LogP contribution in [0.2, 0.25) is 0 Å². The number of amidine groups is 1. The van der Waals surface area contributed by atoms with Crippen LogP contribution in [0.25, 0.3) is 10.8 Å². The van der Waals surface area contributed by atoms with Crippen LogP contribution in [0.15, 0.2) is 35.3 Å². The van der Waals surface area contributed by atoms with Gasteiger partial charge in [0.15, 0.2) is 0 Å². The molecule has 0 saturated carbocycles. The van der Waals surface area contributed by atoms with Crippen molar-refractivity contribution in [1.82, 2.24) is 0 Å². The zero-order valence-corrected chi connectivity index (χ0v) is 7.73. The molecule has 2 aromatic rings. The molecule has 0 atom stereocenters. The Balaban J connectivity index is 2.52. The van der Waals surface area contributed by atoms with Gasteiger partial charge in [-0.25, -0.2) is 0 Å². The van der Waals surface area contributed by atoms with E-state index >= 15 is 0 Å². The zero-order chi connectivity index (χ0) is 10.4. The number of nitrogens with zero attached hydrogens (tertiary/aromatic N) is 1. The Morgan fingerprint density at radius 1 is 1.07 bits per heavy atom. The quantitative estimate of drug-likeness (QED) is 0.612. The Morgan fingerprint density at radius 2 is 1.93 bits per heavy atom. The fourth-order valence-electron chi connectivity index (χ4n) is 1.82. The van der Waals surface area contributed by atoms with Gasteiger partial charge in [0.05, 0.1) is 5.69 Å². The monoisotopic (exact) mass is 200 g/mol. The molecule has 2 aromatic carbocycles. The average Bonchev–Trinajstić information content (AvgIpc) is 2.23. The molecule has 0 aromatic heterocycles. The molecule has 4 heteroatoms. The van der Waals surface area contributed by atoms with E-state index in [0.717, 1.165) is 16.5 Å². The Hall–Kier alpha value is -2.23. The van der Waals surface area contributed by atoms with E-state index in [-0.39, 0.29) is 11.8 Å². The molecule has 1 aliphatic rings. The summed E-state index contributed by atoms with van der Waals surface area (Å²) in [6, 6.07) is 8.83. The van der Waals surface area contributed by atoms with Crippen LogP contribution in [-0.4, -0.2) is 16.2 Å². The highest BCUT2D eigenvalue weighted by Gasteiger charge is 2.16. The van der Waals surface area contributed by atoms with E-state index in [9.17, 15) is 10.2 Å². The first-order valence-corrected chi connectivity index (χ1v) is 4.55. The van der Waals surface area contributed by atoms with Gasteiger partial charge in [-0.1, -0.05) is 18.2 Å². The normalized spacial score (nSPS) is 13.5. The number of phenolic OH excluding ortho intramolecular Hbond substituents is 1. The Morgan fingerprint density at radius 3 is 2.80 bits per heavy atom. The molecule has 1 aliphatic heterocycles. The number of nitrogens with one attached hydrogen (secondary N) is 1. The number of rotatable bonds is 0. The van der Waals surface area contributed by atoms with Crippen LogP contribution < -0.4 is 5.32 Å². The van der Waals surface area contributed by atoms with Crippen molar-refractivity contribution in [2.24, 2.45) is 4.99 Å². The minimum atomic E-state index is -0.198. The van der Waals surface area contributed by atoms with E-state index in [1.807, 2.05) is 24.3 Å². The van der Waals surface area contributed by atoms with Gasteiger partial charge in [-0.2, -0.15) is 4.99 Å². The molecular weight excluding hydrogens is 192 g/mol. The molecule has 0 aliphatic carbocycles. The molecule has 0 amide bonds. The van der Waals surface area contributed by atoms with Crippen molar-refractivity contribution in [2.75, 3.05) is 5.32 Å². The number of hydrogen-bond acceptors (Lipinski definition) is 3. The largest absolute Gasteiger partial charge is 0.506 e. The fraction of sp³-hybridized carbons (Fsp3) is 0. The molecule has 0 fully saturated rings. The maximum Gasteiger partial charge on any atom is 0.292 e. The maximum atomic E-state index is 9.64. The molecule has 3 N–H and O–H groups in total. The SMILES string of the molecule is OC1=Nc2c(O)ccc3cccc(c23)N1. The molecule has 0 bridgehead atoms. The number of aromatic hydroxyl groups is 1. The second-order valence-corrected chi connectivity index (χ2v) is 3.40. The van der Waals surface area contributed by atoms with Crippen molar-refractivity contribution in [1.29, 1.82) is 0 Å². The highest BCUT2D eigenvalue weighted by atomic mass is 16.3. The summed E-state index contributed by atoms with van der Waals surface area (Å²) in [6.07, 6.45) is 0. The predicted molar refractivity (Wildman–Crippen MR) is 59.0 cm³/mol. The van der Waals surface area contributed by atoms with Crippen molar-refractivity contribution in [3.63, 3.8) is 0 Å². The molecule has 0 unspecified atom stereocenters. The van der Waals surface area contributed by atoms with Gasteiger partial charge < -0.3 is 15.5 Å². The first-order chi connectivity index (χ1) is 7.25. The standard InChI is InChI=1S/C11H8N2O2/c14-8-5-4-6-2-1-3-7-9(6)10(8)13-11(15)12-7/h1-5,14H,(H2,12,13,15). The van der Waals surface area contributed by atoms with Gasteiger partial charge in [0.2, 0.25) is 0 Å². The number of phenols is 1. The van der Waals surface area contributed by atoms with Gasteiger partial charge in [0.1, 0.15) is 11.4 Å². The zero-order valence-electron chi connectivity index (χ0n) is 7.73. The van der Waals surface area contributed by atoms with Crippen molar-refractivity contribution >= 4 is 28.2 Å². The second-order valence-electron chi connectivity index (χ2n) is 3.40. The molecule has 3 rings (SSSR count). The van der Waals surface area contributed by atoms with Crippen molar-refractivity contribution in [2.45, 2.75) is 0 Å². The summed E-state index contributed by atoms with van der Waals surface area (Å²) in [5.41, 5.74) is 1.17. The van der Waals surface area contributed by atoms with Gasteiger partial charge in [0, 0.05) is 5.39 Å². The van der Waals surface area contributed by atoms with Gasteiger partial charge in [-0.3, -0.25) is 0 Å². The number of anilines is 1. The van der Waals surface area contributed by atoms with Crippen LogP contribution in [0.4, 0.5) is 11.4 Å². The third kappa shape index (κ3) is 1.05. The Kier molecular flexibility index (Phi) is 1.42. The maximum absolute atomic E-state index is 9.64. The van der Waals surface area contributed by atoms with Gasteiger partial charge >= 0.3 is 0 Å². The summed E-state index contributed by atoms with van der Waals surface area (Å²) >= 11 is 0. The molecule has 0 spiro atoms. The van der Waals surface area contributed by atoms with E-state index in [1.54, 1.807) is 6.07 Å². The molecule has 15 heavy (non-hydrogen) atoms. The number of benzene rings is 2. The summed E-state index contributed by atoms with van der Waals surface area (Å²) in [5, 5.41) is 23.5. The molecular formula is C11H8N2O2. The van der Waals surface area contributed by atoms with Crippen LogP contribution in [-0.2, 0) is 0 Å². The first-order valence-electron chi connectivity index (χ1n) is 4.55. The lowest BCUT2D eigenvalue weighted by atomic mass is 10.1. The number of aliphatic hydroxyl groups excluding tert-OH is 1. The summed E-state index contributed by atoms with van der Waals surface area (Å²) in [5.74, 6) is 0.0722. The lowest BCUT2D eigenvalue weighted by Crippen LogP contribution is -2.13. The topological polar surface area (TPSA) is 64.9 Å². The van der Waals surface area contributed by atoms with E-state index in [0.29, 0.717) is 5.69 Å². The molecule has 0 radical (unpaired) electrons. The smallest absolute Gasteiger partial charge is 0.292 e. The fourth-order valence-corrected chi connectivity index (χ4v) is 1.82. The molecule has 0 saturated heterocycles.